The highest BCUT2D eigenvalue weighted by atomic mass is 16.5. The number of para-hydroxylation sites is 1. The van der Waals surface area contributed by atoms with Crippen molar-refractivity contribution in [3.63, 3.8) is 0 Å². The summed E-state index contributed by atoms with van der Waals surface area (Å²) >= 11 is 0. The first-order chi connectivity index (χ1) is 15.2. The summed E-state index contributed by atoms with van der Waals surface area (Å²) in [6, 6.07) is 6.06. The number of guanidine groups is 1. The van der Waals surface area contributed by atoms with Gasteiger partial charge in [-0.15, -0.1) is 0 Å². The Morgan fingerprint density at radius 3 is 2.87 bits per heavy atom. The third-order valence-electron chi connectivity index (χ3n) is 5.98. The van der Waals surface area contributed by atoms with Crippen LogP contribution in [0.25, 0.3) is 0 Å². The third-order valence-corrected chi connectivity index (χ3v) is 5.98. The molecule has 1 aromatic heterocycles. The molecule has 168 valence electrons. The fourth-order valence-electron chi connectivity index (χ4n) is 4.32. The molecule has 2 aliphatic rings. The van der Waals surface area contributed by atoms with E-state index in [2.05, 4.69) is 26.4 Å². The largest absolute Gasteiger partial charge is 0.493 e. The summed E-state index contributed by atoms with van der Waals surface area (Å²) < 4.78 is 19.7. The van der Waals surface area contributed by atoms with Gasteiger partial charge < -0.3 is 24.4 Å². The maximum atomic E-state index is 6.37. The van der Waals surface area contributed by atoms with E-state index in [0.717, 1.165) is 54.5 Å². The van der Waals surface area contributed by atoms with Gasteiger partial charge in [-0.1, -0.05) is 12.1 Å². The zero-order chi connectivity index (χ0) is 21.6. The number of benzene rings is 1. The van der Waals surface area contributed by atoms with Gasteiger partial charge in [-0.2, -0.15) is 5.10 Å². The number of aliphatic imine (C=N–C) groups is 1. The average molecular weight is 428 g/mol. The fraction of sp³-hybridized carbons (Fsp3) is 0.565. The molecule has 1 aliphatic carbocycles. The molecule has 0 amide bonds. The first-order valence-electron chi connectivity index (χ1n) is 11.1. The van der Waals surface area contributed by atoms with Crippen molar-refractivity contribution in [3.05, 3.63) is 41.7 Å². The number of nitrogens with one attached hydrogen (secondary N) is 1. The summed E-state index contributed by atoms with van der Waals surface area (Å²) in [5.41, 5.74) is 2.16. The monoisotopic (exact) mass is 427 g/mol. The minimum Gasteiger partial charge on any atom is -0.493 e. The van der Waals surface area contributed by atoms with Gasteiger partial charge in [0.05, 0.1) is 32.6 Å². The van der Waals surface area contributed by atoms with Gasteiger partial charge in [-0.25, -0.2) is 0 Å². The number of methoxy groups -OCH3 is 1. The summed E-state index contributed by atoms with van der Waals surface area (Å²) in [4.78, 5) is 6.75. The van der Waals surface area contributed by atoms with Gasteiger partial charge in [-0.3, -0.25) is 9.67 Å². The summed E-state index contributed by atoms with van der Waals surface area (Å²) in [7, 11) is 5.43. The number of aryl methyl sites for hydroxylation is 1. The number of hydrogen-bond donors (Lipinski definition) is 1. The van der Waals surface area contributed by atoms with E-state index in [1.807, 2.05) is 38.6 Å². The minimum atomic E-state index is -0.0147. The highest BCUT2D eigenvalue weighted by Gasteiger charge is 2.26. The molecule has 1 unspecified atom stereocenters. The molecule has 1 aliphatic heterocycles. The number of morpholine rings is 1. The van der Waals surface area contributed by atoms with Crippen molar-refractivity contribution >= 4 is 5.96 Å². The highest BCUT2D eigenvalue weighted by Crippen LogP contribution is 2.35. The van der Waals surface area contributed by atoms with E-state index in [9.17, 15) is 0 Å². The van der Waals surface area contributed by atoms with Gasteiger partial charge in [0.1, 0.15) is 6.10 Å². The van der Waals surface area contributed by atoms with Crippen LogP contribution >= 0.6 is 0 Å². The maximum Gasteiger partial charge on any atom is 0.194 e. The van der Waals surface area contributed by atoms with Crippen LogP contribution in [-0.4, -0.2) is 60.6 Å². The maximum absolute atomic E-state index is 6.37. The topological polar surface area (TPSA) is 73.1 Å². The second-order valence-corrected chi connectivity index (χ2v) is 8.13. The zero-order valence-corrected chi connectivity index (χ0v) is 18.7. The Balaban J connectivity index is 1.43. The van der Waals surface area contributed by atoms with Gasteiger partial charge in [0, 0.05) is 44.5 Å². The van der Waals surface area contributed by atoms with Crippen molar-refractivity contribution in [2.45, 2.75) is 44.4 Å². The molecule has 8 heteroatoms. The number of rotatable bonds is 6. The predicted molar refractivity (Wildman–Crippen MR) is 120 cm³/mol. The summed E-state index contributed by atoms with van der Waals surface area (Å²) in [6.45, 7) is 2.78. The first-order valence-corrected chi connectivity index (χ1v) is 11.1. The smallest absolute Gasteiger partial charge is 0.194 e. The standard InChI is InChI=1S/C23H33N5O3/c1-24-23(28-11-12-30-21(16-28)18-14-26-27(2)15-18)25-13-17-7-6-10-20(29-3)22(17)31-19-8-4-5-9-19/h6-7,10,14-15,19,21H,4-5,8-9,11-13,16H2,1-3H3,(H,24,25). The normalized spacial score (nSPS) is 20.2. The van der Waals surface area contributed by atoms with Crippen LogP contribution in [0.1, 0.15) is 42.9 Å². The molecule has 4 rings (SSSR count). The van der Waals surface area contributed by atoms with E-state index in [0.29, 0.717) is 13.2 Å². The van der Waals surface area contributed by atoms with E-state index in [1.165, 1.54) is 12.8 Å². The van der Waals surface area contributed by atoms with Gasteiger partial charge in [0.25, 0.3) is 0 Å². The Morgan fingerprint density at radius 2 is 2.16 bits per heavy atom. The van der Waals surface area contributed by atoms with Crippen LogP contribution in [0.3, 0.4) is 0 Å². The van der Waals surface area contributed by atoms with Gasteiger partial charge in [0.2, 0.25) is 0 Å². The Bertz CT molecular complexity index is 891. The first kappa shape index (κ1) is 21.5. The Labute approximate surface area is 184 Å². The zero-order valence-electron chi connectivity index (χ0n) is 18.7. The average Bonchev–Trinajstić information content (AvgIpc) is 3.47. The minimum absolute atomic E-state index is 0.0147. The molecule has 2 fully saturated rings. The molecule has 0 radical (unpaired) electrons. The van der Waals surface area contributed by atoms with E-state index in [4.69, 9.17) is 14.2 Å². The lowest BCUT2D eigenvalue weighted by atomic mass is 10.1. The molecule has 1 N–H and O–H groups in total. The molecule has 1 atom stereocenters. The second kappa shape index (κ2) is 10.0. The van der Waals surface area contributed by atoms with E-state index < -0.39 is 0 Å². The molecule has 1 aromatic carbocycles. The van der Waals surface area contributed by atoms with E-state index in [1.54, 1.807) is 11.8 Å². The quantitative estimate of drug-likeness (QED) is 0.565. The van der Waals surface area contributed by atoms with Crippen molar-refractivity contribution in [1.29, 1.82) is 0 Å². The van der Waals surface area contributed by atoms with Crippen LogP contribution < -0.4 is 14.8 Å². The van der Waals surface area contributed by atoms with Crippen LogP contribution in [0.15, 0.2) is 35.6 Å². The Kier molecular flexibility index (Phi) is 6.96. The molecule has 2 aromatic rings. The van der Waals surface area contributed by atoms with Crippen molar-refractivity contribution in [2.75, 3.05) is 33.9 Å². The summed E-state index contributed by atoms with van der Waals surface area (Å²) in [5.74, 6) is 2.48. The second-order valence-electron chi connectivity index (χ2n) is 8.13. The SMILES string of the molecule is CN=C(NCc1cccc(OC)c1OC1CCCC1)N1CCOC(c2cnn(C)c2)C1. The number of hydrogen-bond acceptors (Lipinski definition) is 5. The van der Waals surface area contributed by atoms with Crippen LogP contribution in [0.2, 0.25) is 0 Å². The number of nitrogens with zero attached hydrogens (tertiary/aromatic N) is 4. The lowest BCUT2D eigenvalue weighted by Gasteiger charge is -2.34. The van der Waals surface area contributed by atoms with Gasteiger partial charge in [0.15, 0.2) is 17.5 Å². The lowest BCUT2D eigenvalue weighted by Crippen LogP contribution is -2.47. The molecule has 0 spiro atoms. The molecule has 31 heavy (non-hydrogen) atoms. The lowest BCUT2D eigenvalue weighted by molar-refractivity contribution is -0.00805. The van der Waals surface area contributed by atoms with Gasteiger partial charge >= 0.3 is 0 Å². The van der Waals surface area contributed by atoms with Crippen molar-refractivity contribution < 1.29 is 14.2 Å². The fourth-order valence-corrected chi connectivity index (χ4v) is 4.32. The van der Waals surface area contributed by atoms with Crippen LogP contribution in [0, 0.1) is 0 Å². The van der Waals surface area contributed by atoms with Crippen LogP contribution in [0.5, 0.6) is 11.5 Å². The molecule has 8 nitrogen and oxygen atoms in total. The van der Waals surface area contributed by atoms with Crippen molar-refractivity contribution in [3.8, 4) is 11.5 Å². The third kappa shape index (κ3) is 5.12. The van der Waals surface area contributed by atoms with Crippen molar-refractivity contribution in [2.24, 2.45) is 12.0 Å². The molecular weight excluding hydrogens is 394 g/mol. The molecule has 1 saturated heterocycles. The van der Waals surface area contributed by atoms with Crippen LogP contribution in [0.4, 0.5) is 0 Å². The van der Waals surface area contributed by atoms with E-state index >= 15 is 0 Å². The molecule has 0 bridgehead atoms. The number of ether oxygens (including phenoxy) is 3. The van der Waals surface area contributed by atoms with Crippen LogP contribution in [-0.2, 0) is 18.3 Å². The predicted octanol–water partition coefficient (Wildman–Crippen LogP) is 2.90. The van der Waals surface area contributed by atoms with Gasteiger partial charge in [-0.05, 0) is 31.7 Å². The highest BCUT2D eigenvalue weighted by molar-refractivity contribution is 5.80. The molecular formula is C23H33N5O3. The molecule has 1 saturated carbocycles. The number of aromatic nitrogens is 2. The Hall–Kier alpha value is -2.74. The molecule has 2 heterocycles. The summed E-state index contributed by atoms with van der Waals surface area (Å²) in [6.07, 6.45) is 8.81. The van der Waals surface area contributed by atoms with E-state index in [-0.39, 0.29) is 12.2 Å². The summed E-state index contributed by atoms with van der Waals surface area (Å²) in [5, 5.41) is 7.79. The Morgan fingerprint density at radius 1 is 1.32 bits per heavy atom. The van der Waals surface area contributed by atoms with Crippen molar-refractivity contribution in [1.82, 2.24) is 20.0 Å².